The Hall–Kier alpha value is -1.76. The zero-order valence-corrected chi connectivity index (χ0v) is 9.10. The molecule has 0 spiro atoms. The monoisotopic (exact) mass is 205 g/mol. The number of terminal acetylenes is 1. The van der Waals surface area contributed by atoms with Gasteiger partial charge >= 0.3 is 0 Å². The van der Waals surface area contributed by atoms with Gasteiger partial charge in [0.15, 0.2) is 0 Å². The van der Waals surface area contributed by atoms with Crippen LogP contribution < -0.4 is 10.5 Å². The van der Waals surface area contributed by atoms with Gasteiger partial charge < -0.3 is 4.90 Å². The highest BCUT2D eigenvalue weighted by molar-refractivity contribution is 5.42. The summed E-state index contributed by atoms with van der Waals surface area (Å²) in [6, 6.07) is 1.57. The van der Waals surface area contributed by atoms with E-state index in [-0.39, 0.29) is 12.1 Å². The van der Waals surface area contributed by atoms with Gasteiger partial charge in [-0.3, -0.25) is 4.79 Å². The predicted octanol–water partition coefficient (Wildman–Crippen LogP) is 0.723. The molecule has 80 valence electrons. The summed E-state index contributed by atoms with van der Waals surface area (Å²) in [6.07, 6.45) is 6.79. The van der Waals surface area contributed by atoms with E-state index < -0.39 is 0 Å². The maximum Gasteiger partial charge on any atom is 0.269 e. The molecule has 0 saturated carbocycles. The van der Waals surface area contributed by atoms with E-state index in [4.69, 9.17) is 6.42 Å². The van der Waals surface area contributed by atoms with Crippen LogP contribution in [0.4, 0.5) is 5.69 Å². The van der Waals surface area contributed by atoms with Crippen LogP contribution in [0.1, 0.15) is 13.8 Å². The van der Waals surface area contributed by atoms with Crippen LogP contribution in [-0.2, 0) is 6.54 Å². The number of hydrogen-bond donors (Lipinski definition) is 0. The summed E-state index contributed by atoms with van der Waals surface area (Å²) in [5, 5.41) is 4.00. The molecule has 1 aromatic heterocycles. The van der Waals surface area contributed by atoms with Crippen LogP contribution in [0.3, 0.4) is 0 Å². The number of aromatic nitrogens is 2. The molecule has 4 nitrogen and oxygen atoms in total. The van der Waals surface area contributed by atoms with E-state index in [1.54, 1.807) is 12.3 Å². The summed E-state index contributed by atoms with van der Waals surface area (Å²) < 4.78 is 1.27. The van der Waals surface area contributed by atoms with Crippen LogP contribution in [0.5, 0.6) is 0 Å². The molecule has 1 aromatic rings. The summed E-state index contributed by atoms with van der Waals surface area (Å²) in [5.41, 5.74) is 0.690. The molecule has 0 saturated heterocycles. The molecule has 0 aliphatic heterocycles. The van der Waals surface area contributed by atoms with E-state index in [1.165, 1.54) is 4.68 Å². The molecule has 1 rings (SSSR count). The van der Waals surface area contributed by atoms with E-state index in [9.17, 15) is 4.79 Å². The van der Waals surface area contributed by atoms with Gasteiger partial charge in [0.25, 0.3) is 5.56 Å². The van der Waals surface area contributed by atoms with Crippen LogP contribution in [0.2, 0.25) is 0 Å². The highest BCUT2D eigenvalue weighted by Gasteiger charge is 2.04. The smallest absolute Gasteiger partial charge is 0.269 e. The van der Waals surface area contributed by atoms with Crippen molar-refractivity contribution in [2.75, 3.05) is 18.0 Å². The van der Waals surface area contributed by atoms with Crippen LogP contribution in [-0.4, -0.2) is 22.9 Å². The van der Waals surface area contributed by atoms with Gasteiger partial charge in [0.2, 0.25) is 0 Å². The lowest BCUT2D eigenvalue weighted by atomic mass is 10.4. The van der Waals surface area contributed by atoms with Crippen LogP contribution in [0, 0.1) is 12.3 Å². The Morgan fingerprint density at radius 2 is 2.20 bits per heavy atom. The van der Waals surface area contributed by atoms with Gasteiger partial charge in [-0.2, -0.15) is 5.10 Å². The Kier molecular flexibility index (Phi) is 3.92. The number of hydrogen-bond acceptors (Lipinski definition) is 3. The Morgan fingerprint density at radius 3 is 2.67 bits per heavy atom. The summed E-state index contributed by atoms with van der Waals surface area (Å²) >= 11 is 0. The van der Waals surface area contributed by atoms with E-state index >= 15 is 0 Å². The molecule has 1 heterocycles. The van der Waals surface area contributed by atoms with Crippen molar-refractivity contribution in [2.24, 2.45) is 0 Å². The third kappa shape index (κ3) is 2.59. The first-order valence-corrected chi connectivity index (χ1v) is 4.98. The van der Waals surface area contributed by atoms with E-state index in [1.807, 2.05) is 13.8 Å². The van der Waals surface area contributed by atoms with E-state index in [0.29, 0.717) is 0 Å². The van der Waals surface area contributed by atoms with Crippen LogP contribution in [0.15, 0.2) is 17.1 Å². The van der Waals surface area contributed by atoms with Crippen LogP contribution >= 0.6 is 0 Å². The minimum Gasteiger partial charge on any atom is -0.371 e. The summed E-state index contributed by atoms with van der Waals surface area (Å²) in [7, 11) is 0. The highest BCUT2D eigenvalue weighted by atomic mass is 16.1. The molecule has 0 aliphatic rings. The first kappa shape index (κ1) is 11.3. The minimum atomic E-state index is -0.155. The second-order valence-electron chi connectivity index (χ2n) is 3.09. The molecule has 15 heavy (non-hydrogen) atoms. The molecule has 0 amide bonds. The zero-order valence-electron chi connectivity index (χ0n) is 9.10. The van der Waals surface area contributed by atoms with Gasteiger partial charge in [-0.15, -0.1) is 6.42 Å². The fraction of sp³-hybridized carbons (Fsp3) is 0.455. The number of anilines is 1. The van der Waals surface area contributed by atoms with Gasteiger partial charge in [-0.1, -0.05) is 5.92 Å². The van der Waals surface area contributed by atoms with Gasteiger partial charge in [-0.05, 0) is 13.8 Å². The largest absolute Gasteiger partial charge is 0.371 e. The molecule has 0 radical (unpaired) electrons. The first-order valence-electron chi connectivity index (χ1n) is 4.98. The zero-order chi connectivity index (χ0) is 11.3. The molecule has 0 unspecified atom stereocenters. The number of nitrogens with zero attached hydrogens (tertiary/aromatic N) is 3. The van der Waals surface area contributed by atoms with Gasteiger partial charge in [-0.25, -0.2) is 4.68 Å². The van der Waals surface area contributed by atoms with Crippen molar-refractivity contribution in [3.8, 4) is 12.3 Å². The maximum atomic E-state index is 11.5. The second-order valence-corrected chi connectivity index (χ2v) is 3.09. The van der Waals surface area contributed by atoms with Gasteiger partial charge in [0.1, 0.15) is 6.54 Å². The van der Waals surface area contributed by atoms with Crippen molar-refractivity contribution in [1.82, 2.24) is 9.78 Å². The summed E-state index contributed by atoms with van der Waals surface area (Å²) in [5.74, 6) is 2.39. The fourth-order valence-electron chi connectivity index (χ4n) is 1.39. The Labute approximate surface area is 89.5 Å². The molecular formula is C11H15N3O. The third-order valence-corrected chi connectivity index (χ3v) is 2.22. The van der Waals surface area contributed by atoms with Crippen LogP contribution in [0.25, 0.3) is 0 Å². The first-order chi connectivity index (χ1) is 7.22. The topological polar surface area (TPSA) is 38.1 Å². The Bertz CT molecular complexity index is 413. The quantitative estimate of drug-likeness (QED) is 0.680. The molecule has 0 fully saturated rings. The summed E-state index contributed by atoms with van der Waals surface area (Å²) in [6.45, 7) is 6.01. The molecular weight excluding hydrogens is 190 g/mol. The molecule has 0 aromatic carbocycles. The number of rotatable bonds is 4. The standard InChI is InChI=1S/C11H15N3O/c1-4-7-14-11(15)8-10(9-12-14)13(5-2)6-3/h1,8-9H,5-7H2,2-3H3. The lowest BCUT2D eigenvalue weighted by molar-refractivity contribution is 0.659. The fourth-order valence-corrected chi connectivity index (χ4v) is 1.39. The van der Waals surface area contributed by atoms with Crippen molar-refractivity contribution in [3.63, 3.8) is 0 Å². The van der Waals surface area contributed by atoms with E-state index in [0.717, 1.165) is 18.8 Å². The lowest BCUT2D eigenvalue weighted by Gasteiger charge is -2.20. The Morgan fingerprint density at radius 1 is 1.53 bits per heavy atom. The average molecular weight is 205 g/mol. The predicted molar refractivity (Wildman–Crippen MR) is 60.9 cm³/mol. The molecule has 0 N–H and O–H groups in total. The van der Waals surface area contributed by atoms with Crippen molar-refractivity contribution >= 4 is 5.69 Å². The van der Waals surface area contributed by atoms with Crippen molar-refractivity contribution < 1.29 is 0 Å². The van der Waals surface area contributed by atoms with Crippen molar-refractivity contribution in [2.45, 2.75) is 20.4 Å². The highest BCUT2D eigenvalue weighted by Crippen LogP contribution is 2.07. The molecule has 4 heteroatoms. The van der Waals surface area contributed by atoms with Gasteiger partial charge in [0, 0.05) is 19.2 Å². The normalized spacial score (nSPS) is 9.67. The second kappa shape index (κ2) is 5.20. The average Bonchev–Trinajstić information content (AvgIpc) is 2.24. The SMILES string of the molecule is C#CCn1ncc(N(CC)CC)cc1=O. The summed E-state index contributed by atoms with van der Waals surface area (Å²) in [4.78, 5) is 13.6. The molecule has 0 atom stereocenters. The Balaban J connectivity index is 3.01. The third-order valence-electron chi connectivity index (χ3n) is 2.22. The van der Waals surface area contributed by atoms with Gasteiger partial charge in [0.05, 0.1) is 11.9 Å². The minimum absolute atomic E-state index is 0.155. The molecule has 0 aliphatic carbocycles. The maximum absolute atomic E-state index is 11.5. The van der Waals surface area contributed by atoms with Crippen molar-refractivity contribution in [3.05, 3.63) is 22.6 Å². The van der Waals surface area contributed by atoms with E-state index in [2.05, 4.69) is 15.9 Å². The lowest BCUT2D eigenvalue weighted by Crippen LogP contribution is -2.27. The molecule has 0 bridgehead atoms. The van der Waals surface area contributed by atoms with Crippen molar-refractivity contribution in [1.29, 1.82) is 0 Å².